The zero-order valence-electron chi connectivity index (χ0n) is 14.6. The first-order valence-electron chi connectivity index (χ1n) is 9.03. The molecule has 1 N–H and O–H groups in total. The lowest BCUT2D eigenvalue weighted by Gasteiger charge is -2.33. The van der Waals surface area contributed by atoms with Gasteiger partial charge in [-0.05, 0) is 26.2 Å². The Morgan fingerprint density at radius 2 is 2.08 bits per heavy atom. The molecule has 2 aliphatic rings. The van der Waals surface area contributed by atoms with Gasteiger partial charge in [-0.3, -0.25) is 9.78 Å². The van der Waals surface area contributed by atoms with Crippen molar-refractivity contribution in [2.24, 2.45) is 5.92 Å². The number of nitrogens with one attached hydrogen (secondary N) is 1. The van der Waals surface area contributed by atoms with Gasteiger partial charge in [-0.15, -0.1) is 0 Å². The highest BCUT2D eigenvalue weighted by molar-refractivity contribution is 5.79. The molecule has 25 heavy (non-hydrogen) atoms. The number of imidazole rings is 1. The topological polar surface area (TPSA) is 75.9 Å². The van der Waals surface area contributed by atoms with E-state index in [1.54, 1.807) is 18.6 Å². The van der Waals surface area contributed by atoms with E-state index in [0.29, 0.717) is 0 Å². The van der Waals surface area contributed by atoms with Crippen molar-refractivity contribution in [3.63, 3.8) is 0 Å². The number of aryl methyl sites for hydroxylation is 2. The van der Waals surface area contributed by atoms with E-state index in [1.165, 1.54) is 0 Å². The fourth-order valence-electron chi connectivity index (χ4n) is 3.85. The third-order valence-corrected chi connectivity index (χ3v) is 5.20. The zero-order chi connectivity index (χ0) is 17.2. The van der Waals surface area contributed by atoms with Gasteiger partial charge >= 0.3 is 0 Å². The molecule has 0 radical (unpaired) electrons. The number of piperidine rings is 1. The molecule has 1 saturated heterocycles. The van der Waals surface area contributed by atoms with Gasteiger partial charge in [0.05, 0.1) is 11.9 Å². The molecule has 0 aliphatic carbocycles. The number of fused-ring (bicyclic) bond motifs is 1. The summed E-state index contributed by atoms with van der Waals surface area (Å²) in [5.41, 5.74) is 1.05. The van der Waals surface area contributed by atoms with Crippen molar-refractivity contribution in [1.29, 1.82) is 0 Å². The molecule has 1 fully saturated rings. The molecule has 1 atom stereocenters. The predicted octanol–water partition coefficient (Wildman–Crippen LogP) is 1.33. The maximum absolute atomic E-state index is 12.6. The lowest BCUT2D eigenvalue weighted by molar-refractivity contribution is -0.126. The lowest BCUT2D eigenvalue weighted by atomic mass is 9.95. The van der Waals surface area contributed by atoms with Gasteiger partial charge in [-0.25, -0.2) is 9.97 Å². The molecule has 0 spiro atoms. The Morgan fingerprint density at radius 1 is 1.24 bits per heavy atom. The summed E-state index contributed by atoms with van der Waals surface area (Å²) < 4.78 is 2.18. The van der Waals surface area contributed by atoms with E-state index >= 15 is 0 Å². The summed E-state index contributed by atoms with van der Waals surface area (Å²) >= 11 is 0. The molecule has 4 heterocycles. The Hall–Kier alpha value is -2.44. The van der Waals surface area contributed by atoms with Crippen molar-refractivity contribution in [3.05, 3.63) is 36.3 Å². The van der Waals surface area contributed by atoms with Crippen LogP contribution in [-0.4, -0.2) is 44.6 Å². The zero-order valence-corrected chi connectivity index (χ0v) is 14.6. The van der Waals surface area contributed by atoms with Crippen LogP contribution in [0.5, 0.6) is 0 Å². The number of hydrogen-bond acceptors (Lipinski definition) is 5. The Balaban J connectivity index is 1.30. The van der Waals surface area contributed by atoms with Gasteiger partial charge in [0.2, 0.25) is 5.91 Å². The first-order chi connectivity index (χ1) is 12.2. The van der Waals surface area contributed by atoms with Gasteiger partial charge in [0.25, 0.3) is 0 Å². The Kier molecular flexibility index (Phi) is 4.38. The summed E-state index contributed by atoms with van der Waals surface area (Å²) in [6, 6.07) is 0.214. The minimum atomic E-state index is 0.0961. The summed E-state index contributed by atoms with van der Waals surface area (Å²) in [5, 5.41) is 3.26. The Morgan fingerprint density at radius 3 is 2.84 bits per heavy atom. The van der Waals surface area contributed by atoms with E-state index in [0.717, 1.165) is 62.7 Å². The molecule has 7 nitrogen and oxygen atoms in total. The molecule has 132 valence electrons. The van der Waals surface area contributed by atoms with E-state index in [-0.39, 0.29) is 17.9 Å². The van der Waals surface area contributed by atoms with E-state index < -0.39 is 0 Å². The summed E-state index contributed by atoms with van der Waals surface area (Å²) in [5.74, 6) is 2.33. The van der Waals surface area contributed by atoms with Crippen LogP contribution in [0, 0.1) is 12.8 Å². The van der Waals surface area contributed by atoms with Crippen LogP contribution in [0.4, 0.5) is 5.82 Å². The van der Waals surface area contributed by atoms with Crippen molar-refractivity contribution in [1.82, 2.24) is 24.8 Å². The molecule has 2 aromatic heterocycles. The van der Waals surface area contributed by atoms with Crippen LogP contribution >= 0.6 is 0 Å². The summed E-state index contributed by atoms with van der Waals surface area (Å²) in [7, 11) is 0. The van der Waals surface area contributed by atoms with Crippen LogP contribution in [0.15, 0.2) is 24.8 Å². The standard InChI is InChI=1S/C18H24N6O/c1-13-11-24-12-15(2-3-16(24)21-13)22-18(25)14-4-8-23(9-5-14)17-10-19-6-7-20-17/h6-7,10-11,14-15H,2-5,8-9,12H2,1H3,(H,22,25)/t15-/m1/s1. The number of carbonyl (C=O) groups is 1. The fourth-order valence-corrected chi connectivity index (χ4v) is 3.85. The maximum atomic E-state index is 12.6. The molecular weight excluding hydrogens is 316 g/mol. The van der Waals surface area contributed by atoms with Gasteiger partial charge < -0.3 is 14.8 Å². The van der Waals surface area contributed by atoms with E-state index in [4.69, 9.17) is 0 Å². The second kappa shape index (κ2) is 6.82. The number of aromatic nitrogens is 4. The second-order valence-corrected chi connectivity index (χ2v) is 7.02. The second-order valence-electron chi connectivity index (χ2n) is 7.02. The van der Waals surface area contributed by atoms with Crippen LogP contribution < -0.4 is 10.2 Å². The van der Waals surface area contributed by atoms with Crippen LogP contribution in [0.2, 0.25) is 0 Å². The van der Waals surface area contributed by atoms with Gasteiger partial charge in [0.15, 0.2) is 0 Å². The van der Waals surface area contributed by atoms with E-state index in [1.807, 2.05) is 6.92 Å². The van der Waals surface area contributed by atoms with Gasteiger partial charge in [0.1, 0.15) is 11.6 Å². The van der Waals surface area contributed by atoms with Crippen molar-refractivity contribution in [2.75, 3.05) is 18.0 Å². The van der Waals surface area contributed by atoms with Gasteiger partial charge in [-0.1, -0.05) is 0 Å². The molecule has 7 heteroatoms. The molecule has 2 aliphatic heterocycles. The fraction of sp³-hybridized carbons (Fsp3) is 0.556. The first-order valence-corrected chi connectivity index (χ1v) is 9.03. The van der Waals surface area contributed by atoms with Gasteiger partial charge in [-0.2, -0.15) is 0 Å². The molecule has 2 aromatic rings. The van der Waals surface area contributed by atoms with Crippen molar-refractivity contribution >= 4 is 11.7 Å². The molecule has 0 unspecified atom stereocenters. The van der Waals surface area contributed by atoms with Gasteiger partial charge in [0, 0.05) is 56.6 Å². The van der Waals surface area contributed by atoms with E-state index in [9.17, 15) is 4.79 Å². The average molecular weight is 340 g/mol. The normalized spacial score (nSPS) is 21.0. The summed E-state index contributed by atoms with van der Waals surface area (Å²) in [4.78, 5) is 27.8. The average Bonchev–Trinajstić information content (AvgIpc) is 3.02. The third kappa shape index (κ3) is 3.50. The molecule has 1 amide bonds. The van der Waals surface area contributed by atoms with Crippen molar-refractivity contribution < 1.29 is 4.79 Å². The molecular formula is C18H24N6O. The molecule has 0 aromatic carbocycles. The highest BCUT2D eigenvalue weighted by Crippen LogP contribution is 2.22. The number of carbonyl (C=O) groups excluding carboxylic acids is 1. The van der Waals surface area contributed by atoms with Crippen LogP contribution in [0.3, 0.4) is 0 Å². The minimum Gasteiger partial charge on any atom is -0.355 e. The first kappa shape index (κ1) is 16.1. The van der Waals surface area contributed by atoms with Crippen LogP contribution in [0.25, 0.3) is 0 Å². The minimum absolute atomic E-state index is 0.0961. The summed E-state index contributed by atoms with van der Waals surface area (Å²) in [6.45, 7) is 4.56. The monoisotopic (exact) mass is 340 g/mol. The number of hydrogen-bond donors (Lipinski definition) is 1. The largest absolute Gasteiger partial charge is 0.355 e. The SMILES string of the molecule is Cc1cn2c(n1)CC[C@@H](NC(=O)C1CCN(c3cnccn3)CC1)C2. The van der Waals surface area contributed by atoms with Crippen LogP contribution in [0.1, 0.15) is 30.8 Å². The third-order valence-electron chi connectivity index (χ3n) is 5.20. The number of anilines is 1. The lowest BCUT2D eigenvalue weighted by Crippen LogP contribution is -2.46. The Bertz CT molecular complexity index is 735. The molecule has 0 saturated carbocycles. The van der Waals surface area contributed by atoms with E-state index in [2.05, 4.69) is 35.9 Å². The number of amides is 1. The smallest absolute Gasteiger partial charge is 0.223 e. The highest BCUT2D eigenvalue weighted by atomic mass is 16.2. The predicted molar refractivity (Wildman–Crippen MR) is 94.2 cm³/mol. The Labute approximate surface area is 147 Å². The van der Waals surface area contributed by atoms with Crippen molar-refractivity contribution in [3.8, 4) is 0 Å². The highest BCUT2D eigenvalue weighted by Gasteiger charge is 2.28. The number of rotatable bonds is 3. The quantitative estimate of drug-likeness (QED) is 0.912. The molecule has 0 bridgehead atoms. The van der Waals surface area contributed by atoms with Crippen LogP contribution in [-0.2, 0) is 17.8 Å². The number of nitrogens with zero attached hydrogens (tertiary/aromatic N) is 5. The van der Waals surface area contributed by atoms with Crippen molar-refractivity contribution in [2.45, 2.75) is 45.2 Å². The maximum Gasteiger partial charge on any atom is 0.223 e. The molecule has 4 rings (SSSR count). The summed E-state index contributed by atoms with van der Waals surface area (Å²) in [6.07, 6.45) is 10.9.